The van der Waals surface area contributed by atoms with Gasteiger partial charge in [-0.2, -0.15) is 0 Å². The van der Waals surface area contributed by atoms with Crippen LogP contribution in [0, 0.1) is 25.2 Å². The Morgan fingerprint density at radius 3 is 2.40 bits per heavy atom. The Morgan fingerprint density at radius 1 is 1.35 bits per heavy atom. The summed E-state index contributed by atoms with van der Waals surface area (Å²) in [6.07, 6.45) is 3.39. The lowest BCUT2D eigenvalue weighted by atomic mass is 9.71. The van der Waals surface area contributed by atoms with Gasteiger partial charge in [-0.1, -0.05) is 6.92 Å². The summed E-state index contributed by atoms with van der Waals surface area (Å²) in [5, 5.41) is 12.7. The first-order valence-electron chi connectivity index (χ1n) is 7.21. The standard InChI is InChI=1S/C15H23N3O2/c1-10-4-6-15(7-5-10,13(19)20)9-16-14-17-11(2)8-12(3)18-14/h8,10H,4-7,9H2,1-3H3,(H,19,20)(H,16,17,18). The van der Waals surface area contributed by atoms with Crippen LogP contribution in [-0.2, 0) is 4.79 Å². The highest BCUT2D eigenvalue weighted by molar-refractivity contribution is 5.75. The SMILES string of the molecule is Cc1cc(C)nc(NCC2(C(=O)O)CCC(C)CC2)n1. The Hall–Kier alpha value is -1.65. The summed E-state index contributed by atoms with van der Waals surface area (Å²) >= 11 is 0. The van der Waals surface area contributed by atoms with Crippen molar-refractivity contribution >= 4 is 11.9 Å². The lowest BCUT2D eigenvalue weighted by Gasteiger charge is -2.35. The Bertz CT molecular complexity index is 474. The Morgan fingerprint density at radius 2 is 1.90 bits per heavy atom. The predicted octanol–water partition coefficient (Wildman–Crippen LogP) is 2.79. The maximum absolute atomic E-state index is 11.7. The maximum Gasteiger partial charge on any atom is 0.311 e. The summed E-state index contributed by atoms with van der Waals surface area (Å²) < 4.78 is 0. The van der Waals surface area contributed by atoms with E-state index < -0.39 is 11.4 Å². The third-order valence-corrected chi connectivity index (χ3v) is 4.25. The second-order valence-corrected chi connectivity index (χ2v) is 6.10. The molecule has 0 aliphatic heterocycles. The molecule has 5 heteroatoms. The van der Waals surface area contributed by atoms with Crippen LogP contribution in [0.2, 0.25) is 0 Å². The molecule has 20 heavy (non-hydrogen) atoms. The zero-order valence-corrected chi connectivity index (χ0v) is 12.4. The van der Waals surface area contributed by atoms with Crippen molar-refractivity contribution in [2.45, 2.75) is 46.5 Å². The van der Waals surface area contributed by atoms with Gasteiger partial charge in [0.05, 0.1) is 5.41 Å². The molecule has 0 amide bonds. The van der Waals surface area contributed by atoms with Crippen LogP contribution < -0.4 is 5.32 Å². The van der Waals surface area contributed by atoms with Crippen molar-refractivity contribution in [3.8, 4) is 0 Å². The topological polar surface area (TPSA) is 75.1 Å². The Kier molecular flexibility index (Phi) is 4.26. The Balaban J connectivity index is 2.08. The summed E-state index contributed by atoms with van der Waals surface area (Å²) in [7, 11) is 0. The highest BCUT2D eigenvalue weighted by Crippen LogP contribution is 2.39. The van der Waals surface area contributed by atoms with Crippen molar-refractivity contribution < 1.29 is 9.90 Å². The molecule has 1 saturated carbocycles. The number of carboxylic acid groups (broad SMARTS) is 1. The highest BCUT2D eigenvalue weighted by Gasteiger charge is 2.41. The van der Waals surface area contributed by atoms with Crippen molar-refractivity contribution in [3.05, 3.63) is 17.5 Å². The second-order valence-electron chi connectivity index (χ2n) is 6.10. The third kappa shape index (κ3) is 3.26. The van der Waals surface area contributed by atoms with Crippen LogP contribution in [0.1, 0.15) is 44.0 Å². The first kappa shape index (κ1) is 14.8. The number of aromatic nitrogens is 2. The molecule has 110 valence electrons. The van der Waals surface area contributed by atoms with Gasteiger partial charge in [0.25, 0.3) is 0 Å². The molecule has 1 aromatic heterocycles. The molecule has 1 fully saturated rings. The van der Waals surface area contributed by atoms with E-state index in [2.05, 4.69) is 22.2 Å². The number of aryl methyl sites for hydroxylation is 2. The molecule has 0 bridgehead atoms. The van der Waals surface area contributed by atoms with Gasteiger partial charge in [-0.05, 0) is 51.5 Å². The molecule has 5 nitrogen and oxygen atoms in total. The zero-order chi connectivity index (χ0) is 14.8. The van der Waals surface area contributed by atoms with Gasteiger partial charge in [-0.25, -0.2) is 9.97 Å². The summed E-state index contributed by atoms with van der Waals surface area (Å²) in [5.41, 5.74) is 1.11. The van der Waals surface area contributed by atoms with E-state index in [1.54, 1.807) is 0 Å². The fourth-order valence-corrected chi connectivity index (χ4v) is 2.83. The van der Waals surface area contributed by atoms with Crippen LogP contribution in [0.15, 0.2) is 6.07 Å². The third-order valence-electron chi connectivity index (χ3n) is 4.25. The van der Waals surface area contributed by atoms with Gasteiger partial charge >= 0.3 is 5.97 Å². The first-order valence-corrected chi connectivity index (χ1v) is 7.21. The van der Waals surface area contributed by atoms with E-state index in [1.807, 2.05) is 19.9 Å². The first-order chi connectivity index (χ1) is 9.41. The number of nitrogens with zero attached hydrogens (tertiary/aromatic N) is 2. The van der Waals surface area contributed by atoms with Crippen molar-refractivity contribution in [1.29, 1.82) is 0 Å². The number of carboxylic acids is 1. The van der Waals surface area contributed by atoms with E-state index in [0.717, 1.165) is 37.1 Å². The molecule has 1 heterocycles. The average molecular weight is 277 g/mol. The minimum Gasteiger partial charge on any atom is -0.481 e. The molecule has 0 radical (unpaired) electrons. The second kappa shape index (κ2) is 5.77. The largest absolute Gasteiger partial charge is 0.481 e. The van der Waals surface area contributed by atoms with Crippen molar-refractivity contribution in [2.24, 2.45) is 11.3 Å². The fraction of sp³-hybridized carbons (Fsp3) is 0.667. The van der Waals surface area contributed by atoms with E-state index in [-0.39, 0.29) is 0 Å². The van der Waals surface area contributed by atoms with Gasteiger partial charge in [-0.15, -0.1) is 0 Å². The summed E-state index contributed by atoms with van der Waals surface area (Å²) in [6, 6.07) is 1.90. The summed E-state index contributed by atoms with van der Waals surface area (Å²) in [5.74, 6) is 0.447. The Labute approximate surface area is 119 Å². The minimum absolute atomic E-state index is 0.401. The van der Waals surface area contributed by atoms with Gasteiger partial charge in [-0.3, -0.25) is 4.79 Å². The molecule has 1 aliphatic carbocycles. The number of aliphatic carboxylic acids is 1. The van der Waals surface area contributed by atoms with Crippen molar-refractivity contribution in [1.82, 2.24) is 9.97 Å². The molecule has 1 aliphatic rings. The van der Waals surface area contributed by atoms with Gasteiger partial charge in [0.2, 0.25) is 5.95 Å². The van der Waals surface area contributed by atoms with Crippen LogP contribution in [0.5, 0.6) is 0 Å². The lowest BCUT2D eigenvalue weighted by molar-refractivity contribution is -0.150. The van der Waals surface area contributed by atoms with Crippen LogP contribution in [0.3, 0.4) is 0 Å². The maximum atomic E-state index is 11.7. The molecular formula is C15H23N3O2. The normalized spacial score (nSPS) is 26.2. The quantitative estimate of drug-likeness (QED) is 0.885. The monoisotopic (exact) mass is 277 g/mol. The van der Waals surface area contributed by atoms with E-state index in [4.69, 9.17) is 0 Å². The number of nitrogens with one attached hydrogen (secondary N) is 1. The molecule has 0 saturated heterocycles. The molecular weight excluding hydrogens is 254 g/mol. The van der Waals surface area contributed by atoms with Gasteiger partial charge < -0.3 is 10.4 Å². The van der Waals surface area contributed by atoms with Gasteiger partial charge in [0.1, 0.15) is 0 Å². The summed E-state index contributed by atoms with van der Waals surface area (Å²) in [6.45, 7) is 6.41. The number of hydrogen-bond donors (Lipinski definition) is 2. The van der Waals surface area contributed by atoms with Crippen LogP contribution >= 0.6 is 0 Å². The molecule has 0 unspecified atom stereocenters. The van der Waals surface area contributed by atoms with Gasteiger partial charge in [0, 0.05) is 17.9 Å². The van der Waals surface area contributed by atoms with E-state index in [1.165, 1.54) is 0 Å². The molecule has 0 spiro atoms. The molecule has 0 atom stereocenters. The molecule has 2 rings (SSSR count). The highest BCUT2D eigenvalue weighted by atomic mass is 16.4. The average Bonchev–Trinajstić information content (AvgIpc) is 2.37. The van der Waals surface area contributed by atoms with E-state index >= 15 is 0 Å². The lowest BCUT2D eigenvalue weighted by Crippen LogP contribution is -2.41. The number of rotatable bonds is 4. The number of hydrogen-bond acceptors (Lipinski definition) is 4. The van der Waals surface area contributed by atoms with E-state index in [9.17, 15) is 9.90 Å². The summed E-state index contributed by atoms with van der Waals surface area (Å²) in [4.78, 5) is 20.3. The molecule has 0 aromatic carbocycles. The minimum atomic E-state index is -0.707. The van der Waals surface area contributed by atoms with Crippen LogP contribution in [-0.4, -0.2) is 27.6 Å². The number of carbonyl (C=O) groups is 1. The van der Waals surface area contributed by atoms with Crippen molar-refractivity contribution in [2.75, 3.05) is 11.9 Å². The van der Waals surface area contributed by atoms with Crippen molar-refractivity contribution in [3.63, 3.8) is 0 Å². The predicted molar refractivity (Wildman–Crippen MR) is 77.7 cm³/mol. The number of anilines is 1. The van der Waals surface area contributed by atoms with Crippen LogP contribution in [0.4, 0.5) is 5.95 Å². The van der Waals surface area contributed by atoms with E-state index in [0.29, 0.717) is 18.4 Å². The fourth-order valence-electron chi connectivity index (χ4n) is 2.83. The smallest absolute Gasteiger partial charge is 0.311 e. The van der Waals surface area contributed by atoms with Gasteiger partial charge in [0.15, 0.2) is 0 Å². The molecule has 1 aromatic rings. The van der Waals surface area contributed by atoms with Crippen LogP contribution in [0.25, 0.3) is 0 Å². The molecule has 2 N–H and O–H groups in total. The zero-order valence-electron chi connectivity index (χ0n) is 12.4.